The van der Waals surface area contributed by atoms with E-state index in [1.807, 2.05) is 0 Å². The molecule has 0 spiro atoms. The first kappa shape index (κ1) is 14.4. The van der Waals surface area contributed by atoms with Crippen LogP contribution < -0.4 is 15.4 Å². The van der Waals surface area contributed by atoms with Gasteiger partial charge in [-0.25, -0.2) is 13.1 Å². The number of hydrogen-bond donors (Lipinski definition) is 3. The van der Waals surface area contributed by atoms with Gasteiger partial charge in [0.2, 0.25) is 10.0 Å². The Balaban J connectivity index is 2.51. The summed E-state index contributed by atoms with van der Waals surface area (Å²) in [6, 6.07) is 1.68. The van der Waals surface area contributed by atoms with Gasteiger partial charge < -0.3 is 10.6 Å². The van der Waals surface area contributed by atoms with Crippen molar-refractivity contribution < 1.29 is 13.2 Å². The Kier molecular flexibility index (Phi) is 5.05. The van der Waals surface area contributed by atoms with Gasteiger partial charge in [0.05, 0.1) is 11.8 Å². The zero-order chi connectivity index (χ0) is 13.6. The number of nitrogens with zero attached hydrogens (tertiary/aromatic N) is 1. The van der Waals surface area contributed by atoms with Crippen molar-refractivity contribution in [3.05, 3.63) is 24.0 Å². The largest absolute Gasteiger partial charge is 0.387 e. The summed E-state index contributed by atoms with van der Waals surface area (Å²) in [7, 11) is -1.52. The van der Waals surface area contributed by atoms with Crippen molar-refractivity contribution in [3.63, 3.8) is 0 Å². The Labute approximate surface area is 106 Å². The first-order chi connectivity index (χ1) is 8.44. The summed E-state index contributed by atoms with van der Waals surface area (Å²) in [5.41, 5.74) is 1.08. The molecular formula is C10H16N4O3S. The second-order valence-corrected chi connectivity index (χ2v) is 5.43. The summed E-state index contributed by atoms with van der Waals surface area (Å²) in [6.45, 7) is 0.365. The van der Waals surface area contributed by atoms with Gasteiger partial charge in [-0.2, -0.15) is 0 Å². The van der Waals surface area contributed by atoms with Crippen LogP contribution in [0.1, 0.15) is 10.4 Å². The van der Waals surface area contributed by atoms with E-state index in [4.69, 9.17) is 0 Å². The van der Waals surface area contributed by atoms with Crippen LogP contribution in [0, 0.1) is 0 Å². The zero-order valence-electron chi connectivity index (χ0n) is 10.2. The van der Waals surface area contributed by atoms with Crippen LogP contribution in [-0.4, -0.2) is 45.7 Å². The fourth-order valence-corrected chi connectivity index (χ4v) is 1.77. The van der Waals surface area contributed by atoms with E-state index >= 15 is 0 Å². The van der Waals surface area contributed by atoms with Crippen molar-refractivity contribution >= 4 is 21.6 Å². The van der Waals surface area contributed by atoms with Gasteiger partial charge >= 0.3 is 0 Å². The van der Waals surface area contributed by atoms with Crippen LogP contribution in [0.25, 0.3) is 0 Å². The molecule has 1 aromatic rings. The number of amides is 1. The maximum atomic E-state index is 11.8. The van der Waals surface area contributed by atoms with E-state index in [0.29, 0.717) is 11.3 Å². The molecule has 18 heavy (non-hydrogen) atoms. The predicted octanol–water partition coefficient (Wildman–Crippen LogP) is -0.598. The fourth-order valence-electron chi connectivity index (χ4n) is 1.30. The molecule has 1 amide bonds. The van der Waals surface area contributed by atoms with Gasteiger partial charge in [0, 0.05) is 38.2 Å². The molecule has 100 valence electrons. The SMILES string of the molecule is CNc1ccncc1C(=O)NCCNS(C)(=O)=O. The Morgan fingerprint density at radius 1 is 1.39 bits per heavy atom. The smallest absolute Gasteiger partial charge is 0.254 e. The van der Waals surface area contributed by atoms with Gasteiger partial charge in [-0.05, 0) is 6.07 Å². The average Bonchev–Trinajstić information content (AvgIpc) is 2.33. The molecule has 1 heterocycles. The molecule has 0 unspecified atom stereocenters. The molecule has 0 bridgehead atoms. The first-order valence-corrected chi connectivity index (χ1v) is 7.18. The molecule has 0 radical (unpaired) electrons. The molecule has 1 rings (SSSR count). The van der Waals surface area contributed by atoms with E-state index in [2.05, 4.69) is 20.3 Å². The average molecular weight is 272 g/mol. The summed E-state index contributed by atoms with van der Waals surface area (Å²) in [4.78, 5) is 15.7. The molecule has 1 aromatic heterocycles. The number of sulfonamides is 1. The highest BCUT2D eigenvalue weighted by Crippen LogP contribution is 2.11. The lowest BCUT2D eigenvalue weighted by Gasteiger charge is -2.09. The van der Waals surface area contributed by atoms with E-state index in [1.165, 1.54) is 6.20 Å². The Morgan fingerprint density at radius 2 is 2.11 bits per heavy atom. The Morgan fingerprint density at radius 3 is 2.72 bits per heavy atom. The van der Waals surface area contributed by atoms with Gasteiger partial charge in [0.15, 0.2) is 0 Å². The quantitative estimate of drug-likeness (QED) is 0.601. The van der Waals surface area contributed by atoms with Gasteiger partial charge in [-0.3, -0.25) is 9.78 Å². The maximum absolute atomic E-state index is 11.8. The number of hydrogen-bond acceptors (Lipinski definition) is 5. The summed E-state index contributed by atoms with van der Waals surface area (Å²) in [5, 5.41) is 5.48. The lowest BCUT2D eigenvalue weighted by Crippen LogP contribution is -2.34. The van der Waals surface area contributed by atoms with Crippen LogP contribution in [0.2, 0.25) is 0 Å². The topological polar surface area (TPSA) is 100 Å². The minimum absolute atomic E-state index is 0.153. The highest BCUT2D eigenvalue weighted by Gasteiger charge is 2.10. The number of pyridine rings is 1. The zero-order valence-corrected chi connectivity index (χ0v) is 11.0. The number of aromatic nitrogens is 1. The van der Waals surface area contributed by atoms with Crippen LogP contribution >= 0.6 is 0 Å². The molecule has 0 saturated carbocycles. The normalized spacial score (nSPS) is 11.0. The lowest BCUT2D eigenvalue weighted by molar-refractivity contribution is 0.0955. The molecule has 3 N–H and O–H groups in total. The third-order valence-corrected chi connectivity index (χ3v) is 2.84. The second kappa shape index (κ2) is 6.31. The summed E-state index contributed by atoms with van der Waals surface area (Å²) in [6.07, 6.45) is 4.09. The number of rotatable bonds is 6. The molecule has 0 aliphatic heterocycles. The molecular weight excluding hydrogens is 256 g/mol. The van der Waals surface area contributed by atoms with E-state index in [-0.39, 0.29) is 19.0 Å². The van der Waals surface area contributed by atoms with E-state index in [0.717, 1.165) is 6.26 Å². The van der Waals surface area contributed by atoms with Crippen molar-refractivity contribution in [1.82, 2.24) is 15.0 Å². The Hall–Kier alpha value is -1.67. The van der Waals surface area contributed by atoms with Gasteiger partial charge in [-0.1, -0.05) is 0 Å². The van der Waals surface area contributed by atoms with Crippen molar-refractivity contribution in [2.45, 2.75) is 0 Å². The van der Waals surface area contributed by atoms with Gasteiger partial charge in [0.25, 0.3) is 5.91 Å². The van der Waals surface area contributed by atoms with E-state index in [1.54, 1.807) is 19.3 Å². The van der Waals surface area contributed by atoms with Crippen molar-refractivity contribution in [1.29, 1.82) is 0 Å². The van der Waals surface area contributed by atoms with Crippen LogP contribution in [0.15, 0.2) is 18.5 Å². The minimum atomic E-state index is -3.23. The summed E-state index contributed by atoms with van der Waals surface area (Å²) < 4.78 is 23.9. The number of anilines is 1. The maximum Gasteiger partial charge on any atom is 0.254 e. The lowest BCUT2D eigenvalue weighted by atomic mass is 10.2. The molecule has 0 fully saturated rings. The molecule has 0 atom stereocenters. The standard InChI is InChI=1S/C10H16N4O3S/c1-11-9-3-4-12-7-8(9)10(15)13-5-6-14-18(2,16)17/h3-4,7,14H,5-6H2,1-2H3,(H,11,12)(H,13,15). The van der Waals surface area contributed by atoms with E-state index in [9.17, 15) is 13.2 Å². The van der Waals surface area contributed by atoms with Crippen LogP contribution in [0.4, 0.5) is 5.69 Å². The number of nitrogens with one attached hydrogen (secondary N) is 3. The highest BCUT2D eigenvalue weighted by molar-refractivity contribution is 7.88. The molecule has 0 aromatic carbocycles. The van der Waals surface area contributed by atoms with Crippen LogP contribution in [-0.2, 0) is 10.0 Å². The van der Waals surface area contributed by atoms with Crippen molar-refractivity contribution in [2.24, 2.45) is 0 Å². The third-order valence-electron chi connectivity index (χ3n) is 2.11. The minimum Gasteiger partial charge on any atom is -0.387 e. The van der Waals surface area contributed by atoms with Crippen molar-refractivity contribution in [3.8, 4) is 0 Å². The third kappa shape index (κ3) is 4.68. The van der Waals surface area contributed by atoms with Gasteiger partial charge in [-0.15, -0.1) is 0 Å². The number of carbonyl (C=O) groups is 1. The van der Waals surface area contributed by atoms with E-state index < -0.39 is 10.0 Å². The Bertz CT molecular complexity index is 516. The first-order valence-electron chi connectivity index (χ1n) is 5.28. The molecule has 8 heteroatoms. The molecule has 0 aliphatic rings. The molecule has 0 saturated heterocycles. The second-order valence-electron chi connectivity index (χ2n) is 3.59. The molecule has 0 aliphatic carbocycles. The highest BCUT2D eigenvalue weighted by atomic mass is 32.2. The summed E-state index contributed by atoms with van der Waals surface area (Å²) >= 11 is 0. The van der Waals surface area contributed by atoms with Crippen LogP contribution in [0.5, 0.6) is 0 Å². The van der Waals surface area contributed by atoms with Crippen molar-refractivity contribution in [2.75, 3.05) is 31.7 Å². The number of carbonyl (C=O) groups excluding carboxylic acids is 1. The molecule has 7 nitrogen and oxygen atoms in total. The van der Waals surface area contributed by atoms with Crippen LogP contribution in [0.3, 0.4) is 0 Å². The summed E-state index contributed by atoms with van der Waals surface area (Å²) in [5.74, 6) is -0.303. The van der Waals surface area contributed by atoms with Gasteiger partial charge in [0.1, 0.15) is 0 Å². The predicted molar refractivity (Wildman–Crippen MR) is 69.0 cm³/mol. The monoisotopic (exact) mass is 272 g/mol. The fraction of sp³-hybridized carbons (Fsp3) is 0.400.